The molecule has 0 heterocycles. The highest BCUT2D eigenvalue weighted by molar-refractivity contribution is 5.88. The number of rotatable bonds is 13. The number of benzene rings is 3. The van der Waals surface area contributed by atoms with Gasteiger partial charge in [-0.15, -0.1) is 0 Å². The molecule has 0 bridgehead atoms. The van der Waals surface area contributed by atoms with Gasteiger partial charge in [-0.25, -0.2) is 4.39 Å². The number of para-hydroxylation sites is 1. The van der Waals surface area contributed by atoms with Crippen LogP contribution in [0.15, 0.2) is 84.9 Å². The third-order valence-corrected chi connectivity index (χ3v) is 5.72. The quantitative estimate of drug-likeness (QED) is 0.347. The maximum absolute atomic E-state index is 13.5. The van der Waals surface area contributed by atoms with E-state index in [9.17, 15) is 14.0 Å². The number of unbranched alkanes of at least 4 members (excludes halogenated alkanes) is 2. The lowest BCUT2D eigenvalue weighted by Crippen LogP contribution is -2.51. The van der Waals surface area contributed by atoms with Crippen molar-refractivity contribution in [1.29, 1.82) is 0 Å². The van der Waals surface area contributed by atoms with Gasteiger partial charge in [-0.2, -0.15) is 0 Å². The third kappa shape index (κ3) is 8.56. The van der Waals surface area contributed by atoms with E-state index in [4.69, 9.17) is 4.74 Å². The highest BCUT2D eigenvalue weighted by Gasteiger charge is 2.30. The molecule has 0 radical (unpaired) electrons. The van der Waals surface area contributed by atoms with Crippen molar-refractivity contribution in [3.63, 3.8) is 0 Å². The first-order chi connectivity index (χ1) is 17.1. The monoisotopic (exact) mass is 476 g/mol. The second-order valence-electron chi connectivity index (χ2n) is 8.45. The molecule has 0 aliphatic rings. The molecule has 0 aliphatic heterocycles. The highest BCUT2D eigenvalue weighted by atomic mass is 19.1. The number of ether oxygens (including phenoxy) is 1. The molecule has 0 aromatic heterocycles. The average molecular weight is 477 g/mol. The minimum absolute atomic E-state index is 0.164. The number of hydrogen-bond donors (Lipinski definition) is 1. The van der Waals surface area contributed by atoms with E-state index in [2.05, 4.69) is 12.2 Å². The molecule has 3 rings (SSSR count). The van der Waals surface area contributed by atoms with Crippen LogP contribution in [-0.2, 0) is 22.6 Å². The molecule has 5 nitrogen and oxygen atoms in total. The summed E-state index contributed by atoms with van der Waals surface area (Å²) in [5.74, 6) is -0.303. The van der Waals surface area contributed by atoms with Crippen molar-refractivity contribution in [1.82, 2.24) is 10.2 Å². The van der Waals surface area contributed by atoms with Gasteiger partial charge in [-0.05, 0) is 41.8 Å². The summed E-state index contributed by atoms with van der Waals surface area (Å²) in [6, 6.07) is 23.9. The van der Waals surface area contributed by atoms with E-state index in [0.717, 1.165) is 30.4 Å². The van der Waals surface area contributed by atoms with Gasteiger partial charge in [0.2, 0.25) is 5.91 Å². The van der Waals surface area contributed by atoms with Gasteiger partial charge in [-0.3, -0.25) is 9.59 Å². The smallest absolute Gasteiger partial charge is 0.261 e. The molecule has 0 aliphatic carbocycles. The lowest BCUT2D eigenvalue weighted by molar-refractivity contribution is -0.142. The maximum atomic E-state index is 13.5. The Labute approximate surface area is 206 Å². The predicted molar refractivity (Wildman–Crippen MR) is 135 cm³/mol. The molecule has 0 spiro atoms. The summed E-state index contributed by atoms with van der Waals surface area (Å²) in [5, 5.41) is 3.01. The molecule has 35 heavy (non-hydrogen) atoms. The molecule has 3 aromatic carbocycles. The average Bonchev–Trinajstić information content (AvgIpc) is 2.89. The zero-order chi connectivity index (χ0) is 24.9. The number of nitrogens with zero attached hydrogens (tertiary/aromatic N) is 1. The van der Waals surface area contributed by atoms with Crippen LogP contribution in [0.4, 0.5) is 4.39 Å². The van der Waals surface area contributed by atoms with Gasteiger partial charge < -0.3 is 15.0 Å². The van der Waals surface area contributed by atoms with Gasteiger partial charge in [0.25, 0.3) is 5.91 Å². The number of carbonyl (C=O) groups excluding carboxylic acids is 2. The van der Waals surface area contributed by atoms with Crippen LogP contribution < -0.4 is 10.1 Å². The third-order valence-electron chi connectivity index (χ3n) is 5.72. The molecule has 1 atom stereocenters. The van der Waals surface area contributed by atoms with Crippen LogP contribution in [-0.4, -0.2) is 35.9 Å². The van der Waals surface area contributed by atoms with Crippen molar-refractivity contribution in [2.75, 3.05) is 13.2 Å². The molecule has 2 amide bonds. The number of halogens is 1. The number of nitrogens with one attached hydrogen (secondary N) is 1. The van der Waals surface area contributed by atoms with Crippen LogP contribution in [0.3, 0.4) is 0 Å². The standard InChI is InChI=1S/C29H33FN2O3/c1-2-3-10-19-31-29(34)27(20-23-11-6-4-7-12-23)32(21-24-15-17-25(30)18-16-24)28(33)22-35-26-13-8-5-9-14-26/h4-9,11-18,27H,2-3,10,19-22H2,1H3,(H,31,34)/t27-/m1/s1. The van der Waals surface area contributed by atoms with Gasteiger partial charge >= 0.3 is 0 Å². The van der Waals surface area contributed by atoms with Crippen LogP contribution in [0, 0.1) is 5.82 Å². The summed E-state index contributed by atoms with van der Waals surface area (Å²) in [5.41, 5.74) is 1.68. The lowest BCUT2D eigenvalue weighted by atomic mass is 10.0. The SMILES string of the molecule is CCCCCNC(=O)[C@@H](Cc1ccccc1)N(Cc1ccc(F)cc1)C(=O)COc1ccccc1. The van der Waals surface area contributed by atoms with Gasteiger partial charge in [-0.1, -0.05) is 80.4 Å². The summed E-state index contributed by atoms with van der Waals surface area (Å²) in [7, 11) is 0. The zero-order valence-corrected chi connectivity index (χ0v) is 20.2. The predicted octanol–water partition coefficient (Wildman–Crippen LogP) is 5.15. The minimum Gasteiger partial charge on any atom is -0.484 e. The molecular weight excluding hydrogens is 443 g/mol. The molecule has 0 unspecified atom stereocenters. The van der Waals surface area contributed by atoms with Gasteiger partial charge in [0.15, 0.2) is 6.61 Å². The van der Waals surface area contributed by atoms with Crippen molar-refractivity contribution >= 4 is 11.8 Å². The van der Waals surface area contributed by atoms with Gasteiger partial charge in [0, 0.05) is 19.5 Å². The Morgan fingerprint density at radius 2 is 1.54 bits per heavy atom. The van der Waals surface area contributed by atoms with Crippen molar-refractivity contribution in [2.45, 2.75) is 45.2 Å². The summed E-state index contributed by atoms with van der Waals surface area (Å²) in [6.45, 7) is 2.61. The first-order valence-electron chi connectivity index (χ1n) is 12.1. The Morgan fingerprint density at radius 1 is 0.886 bits per heavy atom. The first kappa shape index (κ1) is 25.9. The van der Waals surface area contributed by atoms with Crippen LogP contribution in [0.1, 0.15) is 37.3 Å². The fourth-order valence-electron chi connectivity index (χ4n) is 3.79. The van der Waals surface area contributed by atoms with Gasteiger partial charge in [0.05, 0.1) is 0 Å². The number of hydrogen-bond acceptors (Lipinski definition) is 3. The molecular formula is C29H33FN2O3. The molecule has 0 saturated carbocycles. The molecule has 0 fully saturated rings. The van der Waals surface area contributed by atoms with Crippen molar-refractivity contribution in [3.05, 3.63) is 102 Å². The van der Waals surface area contributed by atoms with Crippen LogP contribution in [0.2, 0.25) is 0 Å². The molecule has 6 heteroatoms. The van der Waals surface area contributed by atoms with E-state index in [0.29, 0.717) is 18.7 Å². The van der Waals surface area contributed by atoms with Crippen molar-refractivity contribution in [2.24, 2.45) is 0 Å². The lowest BCUT2D eigenvalue weighted by Gasteiger charge is -2.31. The Hall–Kier alpha value is -3.67. The molecule has 1 N–H and O–H groups in total. The normalized spacial score (nSPS) is 11.5. The molecule has 3 aromatic rings. The van der Waals surface area contributed by atoms with E-state index < -0.39 is 6.04 Å². The Kier molecular flexibility index (Phi) is 10.3. The van der Waals surface area contributed by atoms with Crippen LogP contribution in [0.5, 0.6) is 5.75 Å². The van der Waals surface area contributed by atoms with E-state index in [-0.39, 0.29) is 30.8 Å². The Bertz CT molecular complexity index is 1040. The molecule has 184 valence electrons. The summed E-state index contributed by atoms with van der Waals surface area (Å²) in [4.78, 5) is 28.4. The minimum atomic E-state index is -0.740. The second kappa shape index (κ2) is 13.9. The fraction of sp³-hybridized carbons (Fsp3) is 0.310. The largest absolute Gasteiger partial charge is 0.484 e. The number of amides is 2. The topological polar surface area (TPSA) is 58.6 Å². The van der Waals surface area contributed by atoms with E-state index in [1.54, 1.807) is 29.2 Å². The maximum Gasteiger partial charge on any atom is 0.261 e. The number of carbonyl (C=O) groups is 2. The van der Waals surface area contributed by atoms with E-state index >= 15 is 0 Å². The summed E-state index contributed by atoms with van der Waals surface area (Å²) >= 11 is 0. The molecule has 0 saturated heterocycles. The highest BCUT2D eigenvalue weighted by Crippen LogP contribution is 2.16. The second-order valence-corrected chi connectivity index (χ2v) is 8.45. The van der Waals surface area contributed by atoms with Crippen molar-refractivity contribution < 1.29 is 18.7 Å². The Morgan fingerprint density at radius 3 is 2.20 bits per heavy atom. The van der Waals surface area contributed by atoms with E-state index in [1.165, 1.54) is 12.1 Å². The summed E-state index contributed by atoms with van der Waals surface area (Å²) < 4.78 is 19.2. The van der Waals surface area contributed by atoms with Gasteiger partial charge in [0.1, 0.15) is 17.6 Å². The van der Waals surface area contributed by atoms with Crippen LogP contribution >= 0.6 is 0 Å². The van der Waals surface area contributed by atoms with Crippen molar-refractivity contribution in [3.8, 4) is 5.75 Å². The zero-order valence-electron chi connectivity index (χ0n) is 20.2. The fourth-order valence-corrected chi connectivity index (χ4v) is 3.79. The first-order valence-corrected chi connectivity index (χ1v) is 12.1. The van der Waals surface area contributed by atoms with E-state index in [1.807, 2.05) is 48.5 Å². The summed E-state index contributed by atoms with van der Waals surface area (Å²) in [6.07, 6.45) is 3.31. The van der Waals surface area contributed by atoms with Crippen LogP contribution in [0.25, 0.3) is 0 Å². The Balaban J connectivity index is 1.85.